The Kier molecular flexibility index (Phi) is 6.01. The fourth-order valence-electron chi connectivity index (χ4n) is 3.79. The summed E-state index contributed by atoms with van der Waals surface area (Å²) < 4.78 is 17.7. The van der Waals surface area contributed by atoms with Gasteiger partial charge in [-0.25, -0.2) is 0 Å². The SMILES string of the molecule is Nc1nc(OCC2CN(CC3CCCCO3)CCCO2)nc2ccccc12. The van der Waals surface area contributed by atoms with Crippen LogP contribution in [0.1, 0.15) is 25.7 Å². The summed E-state index contributed by atoms with van der Waals surface area (Å²) in [6.07, 6.45) is 4.98. The van der Waals surface area contributed by atoms with Crippen LogP contribution in [0, 0.1) is 0 Å². The lowest BCUT2D eigenvalue weighted by atomic mass is 10.1. The van der Waals surface area contributed by atoms with E-state index in [0.717, 1.165) is 56.6 Å². The predicted molar refractivity (Wildman–Crippen MR) is 104 cm³/mol. The molecule has 0 spiro atoms. The molecule has 3 heterocycles. The summed E-state index contributed by atoms with van der Waals surface area (Å²) in [5.41, 5.74) is 6.82. The van der Waals surface area contributed by atoms with Crippen LogP contribution in [0.25, 0.3) is 10.9 Å². The maximum Gasteiger partial charge on any atom is 0.319 e. The molecule has 2 fully saturated rings. The largest absolute Gasteiger partial charge is 0.461 e. The summed E-state index contributed by atoms with van der Waals surface area (Å²) in [5, 5.41) is 0.842. The quantitative estimate of drug-likeness (QED) is 0.862. The molecule has 0 saturated carbocycles. The molecule has 2 atom stereocenters. The van der Waals surface area contributed by atoms with E-state index in [9.17, 15) is 0 Å². The van der Waals surface area contributed by atoms with Crippen LogP contribution in [0.15, 0.2) is 24.3 Å². The van der Waals surface area contributed by atoms with Crippen molar-refractivity contribution in [1.29, 1.82) is 0 Å². The highest BCUT2D eigenvalue weighted by molar-refractivity contribution is 5.88. The van der Waals surface area contributed by atoms with Gasteiger partial charge in [-0.3, -0.25) is 4.90 Å². The van der Waals surface area contributed by atoms with Crippen LogP contribution in [0.2, 0.25) is 0 Å². The predicted octanol–water partition coefficient (Wildman–Crippen LogP) is 2.25. The van der Waals surface area contributed by atoms with Gasteiger partial charge in [0.05, 0.1) is 11.6 Å². The second-order valence-electron chi connectivity index (χ2n) is 7.31. The van der Waals surface area contributed by atoms with Crippen molar-refractivity contribution in [2.24, 2.45) is 0 Å². The Hall–Kier alpha value is -1.96. The molecular formula is C20H28N4O3. The van der Waals surface area contributed by atoms with Crippen LogP contribution in [0.3, 0.4) is 0 Å². The van der Waals surface area contributed by atoms with Gasteiger partial charge in [0, 0.05) is 38.2 Å². The lowest BCUT2D eigenvalue weighted by Crippen LogP contribution is -2.41. The molecule has 7 nitrogen and oxygen atoms in total. The van der Waals surface area contributed by atoms with Gasteiger partial charge < -0.3 is 19.9 Å². The normalized spacial score (nSPS) is 24.6. The molecule has 2 aromatic rings. The number of nitrogens with two attached hydrogens (primary N) is 1. The average Bonchev–Trinajstić information content (AvgIpc) is 2.92. The van der Waals surface area contributed by atoms with Crippen molar-refractivity contribution < 1.29 is 14.2 Å². The maximum absolute atomic E-state index is 6.03. The van der Waals surface area contributed by atoms with E-state index in [1.54, 1.807) is 0 Å². The van der Waals surface area contributed by atoms with Gasteiger partial charge in [0.25, 0.3) is 0 Å². The van der Waals surface area contributed by atoms with E-state index >= 15 is 0 Å². The van der Waals surface area contributed by atoms with E-state index < -0.39 is 0 Å². The van der Waals surface area contributed by atoms with E-state index in [-0.39, 0.29) is 6.10 Å². The van der Waals surface area contributed by atoms with Crippen molar-refractivity contribution in [3.8, 4) is 6.01 Å². The van der Waals surface area contributed by atoms with Crippen molar-refractivity contribution in [2.75, 3.05) is 45.2 Å². The van der Waals surface area contributed by atoms with Crippen molar-refractivity contribution >= 4 is 16.7 Å². The molecule has 0 amide bonds. The molecule has 0 aliphatic carbocycles. The second-order valence-corrected chi connectivity index (χ2v) is 7.31. The molecule has 4 rings (SSSR count). The average molecular weight is 372 g/mol. The highest BCUT2D eigenvalue weighted by Gasteiger charge is 2.24. The van der Waals surface area contributed by atoms with Crippen LogP contribution < -0.4 is 10.5 Å². The number of rotatable bonds is 5. The minimum Gasteiger partial charge on any atom is -0.461 e. The number of nitrogens with zero attached hydrogens (tertiary/aromatic N) is 3. The molecule has 2 saturated heterocycles. The first-order valence-corrected chi connectivity index (χ1v) is 9.88. The van der Waals surface area contributed by atoms with Crippen molar-refractivity contribution in [3.05, 3.63) is 24.3 Å². The Morgan fingerprint density at radius 2 is 1.93 bits per heavy atom. The molecule has 7 heteroatoms. The fourth-order valence-corrected chi connectivity index (χ4v) is 3.79. The summed E-state index contributed by atoms with van der Waals surface area (Å²) in [5.74, 6) is 0.438. The van der Waals surface area contributed by atoms with Gasteiger partial charge in [-0.2, -0.15) is 9.97 Å². The molecule has 2 unspecified atom stereocenters. The maximum atomic E-state index is 6.03. The number of nitrogen functional groups attached to an aromatic ring is 1. The van der Waals surface area contributed by atoms with Crippen molar-refractivity contribution in [1.82, 2.24) is 14.9 Å². The van der Waals surface area contributed by atoms with Crippen LogP contribution in [0.4, 0.5) is 5.82 Å². The molecule has 27 heavy (non-hydrogen) atoms. The molecule has 1 aromatic heterocycles. The molecular weight excluding hydrogens is 344 g/mol. The fraction of sp³-hybridized carbons (Fsp3) is 0.600. The minimum atomic E-state index is -0.00705. The highest BCUT2D eigenvalue weighted by Crippen LogP contribution is 2.20. The standard InChI is InChI=1S/C20H28N4O3/c21-19-17-7-1-2-8-18(17)22-20(23-19)27-14-16-13-24(9-5-11-26-16)12-15-6-3-4-10-25-15/h1-2,7-8,15-16H,3-6,9-14H2,(H2,21,22,23). The summed E-state index contributed by atoms with van der Waals surface area (Å²) >= 11 is 0. The van der Waals surface area contributed by atoms with Gasteiger partial charge in [0.2, 0.25) is 0 Å². The van der Waals surface area contributed by atoms with E-state index in [1.807, 2.05) is 24.3 Å². The Labute approximate surface area is 159 Å². The number of fused-ring (bicyclic) bond motifs is 1. The molecule has 2 N–H and O–H groups in total. The lowest BCUT2D eigenvalue weighted by Gasteiger charge is -2.30. The first kappa shape index (κ1) is 18.4. The van der Waals surface area contributed by atoms with Crippen molar-refractivity contribution in [2.45, 2.75) is 37.9 Å². The van der Waals surface area contributed by atoms with E-state index in [4.69, 9.17) is 19.9 Å². The van der Waals surface area contributed by atoms with Gasteiger partial charge in [-0.15, -0.1) is 0 Å². The Morgan fingerprint density at radius 1 is 1.07 bits per heavy atom. The van der Waals surface area contributed by atoms with Crippen LogP contribution in [0.5, 0.6) is 6.01 Å². The molecule has 2 aliphatic rings. The number of ether oxygens (including phenoxy) is 3. The number of benzene rings is 1. The number of aromatic nitrogens is 2. The highest BCUT2D eigenvalue weighted by atomic mass is 16.5. The van der Waals surface area contributed by atoms with E-state index in [2.05, 4.69) is 14.9 Å². The number of hydrogen-bond donors (Lipinski definition) is 1. The summed E-state index contributed by atoms with van der Waals surface area (Å²) in [6.45, 7) is 4.90. The number of para-hydroxylation sites is 1. The molecule has 1 aromatic carbocycles. The Bertz CT molecular complexity index is 751. The van der Waals surface area contributed by atoms with Gasteiger partial charge in [-0.1, -0.05) is 12.1 Å². The lowest BCUT2D eigenvalue weighted by molar-refractivity contribution is -0.0176. The van der Waals surface area contributed by atoms with Gasteiger partial charge >= 0.3 is 6.01 Å². The number of hydrogen-bond acceptors (Lipinski definition) is 7. The van der Waals surface area contributed by atoms with Gasteiger partial charge in [-0.05, 0) is 37.8 Å². The Morgan fingerprint density at radius 3 is 2.81 bits per heavy atom. The molecule has 0 radical (unpaired) electrons. The second kappa shape index (κ2) is 8.82. The smallest absolute Gasteiger partial charge is 0.319 e. The summed E-state index contributed by atoms with van der Waals surface area (Å²) in [4.78, 5) is 11.2. The zero-order chi connectivity index (χ0) is 18.5. The van der Waals surface area contributed by atoms with Crippen LogP contribution in [-0.2, 0) is 9.47 Å². The van der Waals surface area contributed by atoms with Gasteiger partial charge in [0.1, 0.15) is 18.5 Å². The van der Waals surface area contributed by atoms with E-state index in [0.29, 0.717) is 24.5 Å². The third-order valence-corrected chi connectivity index (χ3v) is 5.18. The van der Waals surface area contributed by atoms with Crippen molar-refractivity contribution in [3.63, 3.8) is 0 Å². The van der Waals surface area contributed by atoms with Gasteiger partial charge in [0.15, 0.2) is 0 Å². The minimum absolute atomic E-state index is 0.00705. The summed E-state index contributed by atoms with van der Waals surface area (Å²) in [6, 6.07) is 7.98. The van der Waals surface area contributed by atoms with E-state index in [1.165, 1.54) is 12.8 Å². The Balaban J connectivity index is 1.35. The third kappa shape index (κ3) is 4.86. The monoisotopic (exact) mass is 372 g/mol. The zero-order valence-electron chi connectivity index (χ0n) is 15.7. The third-order valence-electron chi connectivity index (χ3n) is 5.18. The molecule has 146 valence electrons. The first-order valence-electron chi connectivity index (χ1n) is 9.88. The van der Waals surface area contributed by atoms with Crippen LogP contribution in [-0.4, -0.2) is 66.5 Å². The first-order chi connectivity index (χ1) is 13.3. The van der Waals surface area contributed by atoms with Crippen LogP contribution >= 0.6 is 0 Å². The number of anilines is 1. The molecule has 0 bridgehead atoms. The molecule has 2 aliphatic heterocycles. The zero-order valence-corrected chi connectivity index (χ0v) is 15.7. The summed E-state index contributed by atoms with van der Waals surface area (Å²) in [7, 11) is 0. The topological polar surface area (TPSA) is 82.7 Å².